The number of rotatable bonds is 1. The fourth-order valence-corrected chi connectivity index (χ4v) is 3.11. The van der Waals surface area contributed by atoms with Crippen molar-refractivity contribution in [3.8, 4) is 0 Å². The predicted octanol–water partition coefficient (Wildman–Crippen LogP) is 4.17. The molecule has 0 unspecified atom stereocenters. The highest BCUT2D eigenvalue weighted by Gasteiger charge is 2.24. The van der Waals surface area contributed by atoms with Crippen LogP contribution in [0.3, 0.4) is 0 Å². The molecule has 0 atom stereocenters. The summed E-state index contributed by atoms with van der Waals surface area (Å²) in [4.78, 5) is 6.98. The van der Waals surface area contributed by atoms with Crippen molar-refractivity contribution in [1.29, 1.82) is 0 Å². The van der Waals surface area contributed by atoms with Crippen molar-refractivity contribution in [2.45, 2.75) is 40.0 Å². The zero-order valence-electron chi connectivity index (χ0n) is 11.0. The molecule has 0 N–H and O–H groups in total. The van der Waals surface area contributed by atoms with E-state index in [0.29, 0.717) is 5.41 Å². The first-order valence-corrected chi connectivity index (χ1v) is 7.14. The van der Waals surface area contributed by atoms with Gasteiger partial charge in [-0.05, 0) is 59.2 Å². The van der Waals surface area contributed by atoms with Gasteiger partial charge in [-0.3, -0.25) is 0 Å². The Morgan fingerprint density at radius 2 is 2.06 bits per heavy atom. The largest absolute Gasteiger partial charge is 0.356 e. The Kier molecular flexibility index (Phi) is 3.76. The fraction of sp³-hybridized carbons (Fsp3) is 0.643. The molecule has 0 saturated carbocycles. The Balaban J connectivity index is 2.17. The minimum absolute atomic E-state index is 0.478. The van der Waals surface area contributed by atoms with Crippen LogP contribution in [-0.2, 0) is 0 Å². The fourth-order valence-electron chi connectivity index (χ4n) is 2.39. The van der Waals surface area contributed by atoms with Crippen LogP contribution in [0.2, 0.25) is 0 Å². The molecule has 1 saturated heterocycles. The Labute approximate surface area is 113 Å². The number of halogens is 1. The maximum Gasteiger partial charge on any atom is 0.142 e. The van der Waals surface area contributed by atoms with E-state index in [-0.39, 0.29) is 0 Å². The third-order valence-electron chi connectivity index (χ3n) is 3.60. The molecule has 3 heteroatoms. The second-order valence-corrected chi connectivity index (χ2v) is 6.68. The van der Waals surface area contributed by atoms with Crippen molar-refractivity contribution in [2.24, 2.45) is 5.41 Å². The van der Waals surface area contributed by atoms with Gasteiger partial charge in [0.05, 0.1) is 4.47 Å². The molecule has 1 aliphatic heterocycles. The summed E-state index contributed by atoms with van der Waals surface area (Å²) in [5.41, 5.74) is 1.68. The van der Waals surface area contributed by atoms with E-state index in [1.165, 1.54) is 24.8 Å². The lowest BCUT2D eigenvalue weighted by molar-refractivity contribution is 0.325. The highest BCUT2D eigenvalue weighted by Crippen LogP contribution is 2.33. The van der Waals surface area contributed by atoms with Gasteiger partial charge in [0.25, 0.3) is 0 Å². The molecule has 0 spiro atoms. The molecule has 0 radical (unpaired) electrons. The van der Waals surface area contributed by atoms with Gasteiger partial charge >= 0.3 is 0 Å². The molecule has 0 amide bonds. The normalized spacial score (nSPS) is 20.1. The van der Waals surface area contributed by atoms with E-state index < -0.39 is 0 Å². The van der Waals surface area contributed by atoms with E-state index in [1.54, 1.807) is 0 Å². The molecule has 2 rings (SSSR count). The van der Waals surface area contributed by atoms with E-state index in [0.717, 1.165) is 23.4 Å². The second-order valence-electron chi connectivity index (χ2n) is 5.82. The molecule has 0 bridgehead atoms. The van der Waals surface area contributed by atoms with Gasteiger partial charge in [-0.2, -0.15) is 0 Å². The summed E-state index contributed by atoms with van der Waals surface area (Å²) in [5.74, 6) is 1.10. The average Bonchev–Trinajstić information content (AvgIpc) is 2.40. The monoisotopic (exact) mass is 296 g/mol. The van der Waals surface area contributed by atoms with Crippen LogP contribution in [0, 0.1) is 12.3 Å². The number of nitrogens with zero attached hydrogens (tertiary/aromatic N) is 2. The van der Waals surface area contributed by atoms with Gasteiger partial charge in [0, 0.05) is 19.3 Å². The summed E-state index contributed by atoms with van der Waals surface area (Å²) in [6, 6.07) is 2.15. The lowest BCUT2D eigenvalue weighted by Crippen LogP contribution is -2.26. The predicted molar refractivity (Wildman–Crippen MR) is 76.5 cm³/mol. The molecule has 17 heavy (non-hydrogen) atoms. The van der Waals surface area contributed by atoms with Crippen LogP contribution in [-0.4, -0.2) is 18.1 Å². The van der Waals surface area contributed by atoms with E-state index in [9.17, 15) is 0 Å². The Morgan fingerprint density at radius 3 is 2.76 bits per heavy atom. The molecule has 2 nitrogen and oxygen atoms in total. The van der Waals surface area contributed by atoms with E-state index in [4.69, 9.17) is 0 Å². The van der Waals surface area contributed by atoms with Gasteiger partial charge in [-0.25, -0.2) is 4.98 Å². The summed E-state index contributed by atoms with van der Waals surface area (Å²) in [6.07, 6.45) is 5.77. The first-order valence-electron chi connectivity index (χ1n) is 6.35. The summed E-state index contributed by atoms with van der Waals surface area (Å²) in [7, 11) is 0. The summed E-state index contributed by atoms with van der Waals surface area (Å²) >= 11 is 3.63. The Bertz CT molecular complexity index is 401. The van der Waals surface area contributed by atoms with Crippen molar-refractivity contribution in [3.63, 3.8) is 0 Å². The molecule has 0 aliphatic carbocycles. The molecule has 94 valence electrons. The lowest BCUT2D eigenvalue weighted by Gasteiger charge is -2.24. The maximum absolute atomic E-state index is 4.57. The summed E-state index contributed by atoms with van der Waals surface area (Å²) in [5, 5.41) is 0. The van der Waals surface area contributed by atoms with Crippen LogP contribution in [0.15, 0.2) is 16.7 Å². The van der Waals surface area contributed by atoms with E-state index >= 15 is 0 Å². The minimum atomic E-state index is 0.478. The van der Waals surface area contributed by atoms with Crippen LogP contribution in [0.5, 0.6) is 0 Å². The van der Waals surface area contributed by atoms with Gasteiger partial charge in [-0.15, -0.1) is 0 Å². The molecule has 1 aromatic rings. The summed E-state index contributed by atoms with van der Waals surface area (Å²) < 4.78 is 1.12. The number of aryl methyl sites for hydroxylation is 1. The van der Waals surface area contributed by atoms with Crippen molar-refractivity contribution in [1.82, 2.24) is 4.98 Å². The Hall–Kier alpha value is -0.570. The van der Waals surface area contributed by atoms with Gasteiger partial charge < -0.3 is 4.90 Å². The molecular weight excluding hydrogens is 276 g/mol. The first-order chi connectivity index (χ1) is 7.98. The third kappa shape index (κ3) is 3.21. The van der Waals surface area contributed by atoms with Crippen molar-refractivity contribution < 1.29 is 0 Å². The molecule has 0 aromatic carbocycles. The van der Waals surface area contributed by atoms with E-state index in [1.807, 2.05) is 6.20 Å². The molecule has 1 aromatic heterocycles. The van der Waals surface area contributed by atoms with Gasteiger partial charge in [-0.1, -0.05) is 13.8 Å². The standard InChI is InChI=1S/C14H21BrN2/c1-11-9-12(15)13(16-10-11)17-7-4-5-14(2,3)6-8-17/h9-10H,4-8H2,1-3H3. The van der Waals surface area contributed by atoms with Crippen molar-refractivity contribution in [3.05, 3.63) is 22.3 Å². The molecular formula is C14H21BrN2. The van der Waals surface area contributed by atoms with Gasteiger partial charge in [0.1, 0.15) is 5.82 Å². The lowest BCUT2D eigenvalue weighted by atomic mass is 9.85. The quantitative estimate of drug-likeness (QED) is 0.773. The first kappa shape index (κ1) is 12.9. The van der Waals surface area contributed by atoms with Crippen LogP contribution in [0.4, 0.5) is 5.82 Å². The van der Waals surface area contributed by atoms with E-state index in [2.05, 4.69) is 52.7 Å². The van der Waals surface area contributed by atoms with Crippen molar-refractivity contribution in [2.75, 3.05) is 18.0 Å². The van der Waals surface area contributed by atoms with Gasteiger partial charge in [0.15, 0.2) is 0 Å². The average molecular weight is 297 g/mol. The SMILES string of the molecule is Cc1cnc(N2CCCC(C)(C)CC2)c(Br)c1. The van der Waals surface area contributed by atoms with Crippen LogP contribution in [0.25, 0.3) is 0 Å². The number of hydrogen-bond donors (Lipinski definition) is 0. The molecule has 2 heterocycles. The number of anilines is 1. The van der Waals surface area contributed by atoms with Crippen molar-refractivity contribution >= 4 is 21.7 Å². The molecule has 1 fully saturated rings. The highest BCUT2D eigenvalue weighted by atomic mass is 79.9. The highest BCUT2D eigenvalue weighted by molar-refractivity contribution is 9.10. The van der Waals surface area contributed by atoms with Gasteiger partial charge in [0.2, 0.25) is 0 Å². The zero-order chi connectivity index (χ0) is 12.5. The topological polar surface area (TPSA) is 16.1 Å². The second kappa shape index (κ2) is 4.97. The number of aromatic nitrogens is 1. The number of hydrogen-bond acceptors (Lipinski definition) is 2. The van der Waals surface area contributed by atoms with Crippen LogP contribution < -0.4 is 4.90 Å². The van der Waals surface area contributed by atoms with Crippen LogP contribution in [0.1, 0.15) is 38.7 Å². The summed E-state index contributed by atoms with van der Waals surface area (Å²) in [6.45, 7) is 9.05. The third-order valence-corrected chi connectivity index (χ3v) is 4.18. The molecule has 1 aliphatic rings. The minimum Gasteiger partial charge on any atom is -0.356 e. The number of pyridine rings is 1. The smallest absolute Gasteiger partial charge is 0.142 e. The Morgan fingerprint density at radius 1 is 1.29 bits per heavy atom. The maximum atomic E-state index is 4.57. The zero-order valence-corrected chi connectivity index (χ0v) is 12.5. The van der Waals surface area contributed by atoms with Crippen LogP contribution >= 0.6 is 15.9 Å².